The summed E-state index contributed by atoms with van der Waals surface area (Å²) in [6, 6.07) is -0.804. The summed E-state index contributed by atoms with van der Waals surface area (Å²) >= 11 is 0. The molecule has 1 amide bonds. The summed E-state index contributed by atoms with van der Waals surface area (Å²) in [5.41, 5.74) is 0. The summed E-state index contributed by atoms with van der Waals surface area (Å²) in [7, 11) is 0. The zero-order chi connectivity index (χ0) is 45.9. The molecule has 0 aromatic heterocycles. The van der Waals surface area contributed by atoms with Gasteiger partial charge < -0.3 is 40.3 Å². The van der Waals surface area contributed by atoms with Gasteiger partial charge in [-0.05, 0) is 44.9 Å². The minimum Gasteiger partial charge on any atom is -0.394 e. The summed E-state index contributed by atoms with van der Waals surface area (Å²) < 4.78 is 11.3. The number of unbranched alkanes of at least 4 members (excludes halogenated alkanes) is 34. The Labute approximate surface area is 388 Å². The molecule has 0 radical (unpaired) electrons. The van der Waals surface area contributed by atoms with E-state index >= 15 is 0 Å². The SMILES string of the molecule is CCCCCCCCCC/C=C\CCCCCCCCCCCC(=O)NC(COC1OC(CO)C(O)C(O)C1O)C(O)/C=C/CCCCCCCCCCCCCCCCCCC. The summed E-state index contributed by atoms with van der Waals surface area (Å²) in [4.78, 5) is 13.0. The van der Waals surface area contributed by atoms with E-state index in [-0.39, 0.29) is 12.5 Å². The summed E-state index contributed by atoms with van der Waals surface area (Å²) in [5, 5.41) is 54.4. The fourth-order valence-corrected chi connectivity index (χ4v) is 8.68. The molecule has 9 heteroatoms. The lowest BCUT2D eigenvalue weighted by Crippen LogP contribution is -2.60. The fraction of sp³-hybridized carbons (Fsp3) is 0.907. The first-order valence-corrected chi connectivity index (χ1v) is 27.1. The molecular weight excluding hydrogens is 791 g/mol. The van der Waals surface area contributed by atoms with E-state index in [2.05, 4.69) is 31.3 Å². The molecule has 0 aromatic carbocycles. The van der Waals surface area contributed by atoms with Crippen LogP contribution in [0.1, 0.15) is 258 Å². The molecule has 1 rings (SSSR count). The van der Waals surface area contributed by atoms with Crippen molar-refractivity contribution in [1.82, 2.24) is 5.32 Å². The summed E-state index contributed by atoms with van der Waals surface area (Å²) in [6.45, 7) is 3.80. The van der Waals surface area contributed by atoms with Crippen molar-refractivity contribution in [2.45, 2.75) is 301 Å². The zero-order valence-corrected chi connectivity index (χ0v) is 41.1. The van der Waals surface area contributed by atoms with E-state index in [0.29, 0.717) is 6.42 Å². The van der Waals surface area contributed by atoms with Gasteiger partial charge in [-0.3, -0.25) is 4.79 Å². The number of allylic oxidation sites excluding steroid dienone is 3. The Morgan fingerprint density at radius 2 is 0.889 bits per heavy atom. The first kappa shape index (κ1) is 59.7. The number of carbonyl (C=O) groups excluding carboxylic acids is 1. The number of ether oxygens (including phenoxy) is 2. The molecule has 7 unspecified atom stereocenters. The highest BCUT2D eigenvalue weighted by atomic mass is 16.7. The van der Waals surface area contributed by atoms with Gasteiger partial charge in [-0.1, -0.05) is 231 Å². The van der Waals surface area contributed by atoms with Crippen LogP contribution in [-0.4, -0.2) is 87.5 Å². The van der Waals surface area contributed by atoms with Gasteiger partial charge in [0.15, 0.2) is 6.29 Å². The van der Waals surface area contributed by atoms with Crippen molar-refractivity contribution in [2.24, 2.45) is 0 Å². The number of nitrogens with one attached hydrogen (secondary N) is 1. The summed E-state index contributed by atoms with van der Waals surface area (Å²) in [6.07, 6.45) is 48.0. The van der Waals surface area contributed by atoms with Crippen LogP contribution in [0.2, 0.25) is 0 Å². The number of carbonyl (C=O) groups is 1. The molecule has 6 N–H and O–H groups in total. The monoisotopic (exact) mass is 894 g/mol. The van der Waals surface area contributed by atoms with Crippen LogP contribution in [0.3, 0.4) is 0 Å². The van der Waals surface area contributed by atoms with E-state index in [1.807, 2.05) is 6.08 Å². The van der Waals surface area contributed by atoms with Crippen molar-refractivity contribution in [1.29, 1.82) is 0 Å². The maximum absolute atomic E-state index is 13.0. The lowest BCUT2D eigenvalue weighted by molar-refractivity contribution is -0.302. The number of hydrogen-bond donors (Lipinski definition) is 6. The van der Waals surface area contributed by atoms with Crippen molar-refractivity contribution in [2.75, 3.05) is 13.2 Å². The molecule has 0 aromatic rings. The Balaban J connectivity index is 2.27. The Bertz CT molecular complexity index is 1040. The van der Waals surface area contributed by atoms with Crippen LogP contribution >= 0.6 is 0 Å². The first-order chi connectivity index (χ1) is 30.8. The second-order valence-corrected chi connectivity index (χ2v) is 19.0. The number of aliphatic hydroxyl groups excluding tert-OH is 5. The fourth-order valence-electron chi connectivity index (χ4n) is 8.68. The predicted octanol–water partition coefficient (Wildman–Crippen LogP) is 12.6. The van der Waals surface area contributed by atoms with Gasteiger partial charge in [0.2, 0.25) is 5.91 Å². The van der Waals surface area contributed by atoms with Crippen LogP contribution in [0.15, 0.2) is 24.3 Å². The van der Waals surface area contributed by atoms with Crippen molar-refractivity contribution >= 4 is 5.91 Å². The highest BCUT2D eigenvalue weighted by molar-refractivity contribution is 5.76. The average molecular weight is 894 g/mol. The molecule has 1 saturated heterocycles. The highest BCUT2D eigenvalue weighted by Crippen LogP contribution is 2.23. The van der Waals surface area contributed by atoms with Gasteiger partial charge in [0.05, 0.1) is 25.4 Å². The van der Waals surface area contributed by atoms with Gasteiger partial charge in [0, 0.05) is 6.42 Å². The van der Waals surface area contributed by atoms with Crippen molar-refractivity contribution in [3.8, 4) is 0 Å². The van der Waals surface area contributed by atoms with Crippen molar-refractivity contribution < 1.29 is 39.8 Å². The minimum atomic E-state index is -1.57. The van der Waals surface area contributed by atoms with Gasteiger partial charge in [-0.15, -0.1) is 0 Å². The van der Waals surface area contributed by atoms with Crippen LogP contribution in [0.4, 0.5) is 0 Å². The third-order valence-electron chi connectivity index (χ3n) is 13.0. The van der Waals surface area contributed by atoms with E-state index in [4.69, 9.17) is 9.47 Å². The number of aliphatic hydroxyl groups is 5. The normalized spacial score (nSPS) is 20.3. The van der Waals surface area contributed by atoms with Crippen LogP contribution in [0.25, 0.3) is 0 Å². The Morgan fingerprint density at radius 1 is 0.524 bits per heavy atom. The quantitative estimate of drug-likeness (QED) is 0.0261. The van der Waals surface area contributed by atoms with Gasteiger partial charge >= 0.3 is 0 Å². The van der Waals surface area contributed by atoms with Crippen molar-refractivity contribution in [3.63, 3.8) is 0 Å². The molecule has 9 nitrogen and oxygen atoms in total. The highest BCUT2D eigenvalue weighted by Gasteiger charge is 2.44. The molecule has 1 heterocycles. The second-order valence-electron chi connectivity index (χ2n) is 19.0. The van der Waals surface area contributed by atoms with Gasteiger partial charge in [-0.2, -0.15) is 0 Å². The van der Waals surface area contributed by atoms with E-state index in [0.717, 1.165) is 38.5 Å². The Kier molecular flexibility index (Phi) is 42.2. The molecule has 7 atom stereocenters. The summed E-state index contributed by atoms with van der Waals surface area (Å²) in [5.74, 6) is -0.176. The van der Waals surface area contributed by atoms with E-state index in [1.54, 1.807) is 6.08 Å². The molecule has 1 fully saturated rings. The molecule has 0 spiro atoms. The average Bonchev–Trinajstić information content (AvgIpc) is 3.28. The molecule has 63 heavy (non-hydrogen) atoms. The van der Waals surface area contributed by atoms with E-state index in [9.17, 15) is 30.3 Å². The predicted molar refractivity (Wildman–Crippen MR) is 263 cm³/mol. The molecule has 0 aliphatic carbocycles. The number of rotatable bonds is 46. The smallest absolute Gasteiger partial charge is 0.220 e. The Morgan fingerprint density at radius 3 is 1.29 bits per heavy atom. The molecule has 372 valence electrons. The molecular formula is C54H103NO8. The maximum Gasteiger partial charge on any atom is 0.220 e. The van der Waals surface area contributed by atoms with Crippen LogP contribution in [-0.2, 0) is 14.3 Å². The zero-order valence-electron chi connectivity index (χ0n) is 41.1. The number of amides is 1. The topological polar surface area (TPSA) is 149 Å². The number of hydrogen-bond acceptors (Lipinski definition) is 8. The molecule has 0 saturated carbocycles. The van der Waals surface area contributed by atoms with Gasteiger partial charge in [0.25, 0.3) is 0 Å². The molecule has 1 aliphatic heterocycles. The van der Waals surface area contributed by atoms with Crippen LogP contribution in [0.5, 0.6) is 0 Å². The second kappa shape index (κ2) is 44.5. The van der Waals surface area contributed by atoms with Crippen molar-refractivity contribution in [3.05, 3.63) is 24.3 Å². The maximum atomic E-state index is 13.0. The lowest BCUT2D eigenvalue weighted by Gasteiger charge is -2.40. The van der Waals surface area contributed by atoms with Gasteiger partial charge in [-0.25, -0.2) is 0 Å². The molecule has 0 bridgehead atoms. The van der Waals surface area contributed by atoms with E-state index < -0.39 is 49.5 Å². The third-order valence-corrected chi connectivity index (χ3v) is 13.0. The lowest BCUT2D eigenvalue weighted by atomic mass is 9.99. The largest absolute Gasteiger partial charge is 0.394 e. The third kappa shape index (κ3) is 34.6. The standard InChI is InChI=1S/C54H103NO8/c1-3-5-7-9-11-13-15-17-19-21-23-24-26-28-30-32-34-36-38-40-42-44-50(58)55-47(46-62-54-53(61)52(60)51(59)49(45-56)63-54)48(57)43-41-39-37-35-33-31-29-27-25-22-20-18-16-14-12-10-8-6-4-2/h21,23,41,43,47-49,51-54,56-57,59-61H,3-20,22,24-40,42,44-46H2,1-2H3,(H,55,58)/b23-21-,43-41+. The van der Waals surface area contributed by atoms with Crippen LogP contribution in [0, 0.1) is 0 Å². The van der Waals surface area contributed by atoms with E-state index in [1.165, 1.54) is 199 Å². The van der Waals surface area contributed by atoms with Gasteiger partial charge in [0.1, 0.15) is 24.4 Å². The molecule has 1 aliphatic rings. The Hall–Kier alpha value is -1.33. The first-order valence-electron chi connectivity index (χ1n) is 27.1. The van der Waals surface area contributed by atoms with Crippen LogP contribution < -0.4 is 5.32 Å². The minimum absolute atomic E-state index is 0.176.